The van der Waals surface area contributed by atoms with E-state index in [4.69, 9.17) is 35.9 Å². The molecule has 0 aliphatic rings. The highest BCUT2D eigenvalue weighted by Crippen LogP contribution is 2.39. The summed E-state index contributed by atoms with van der Waals surface area (Å²) in [6.07, 6.45) is 0. The largest absolute Gasteiger partial charge is 0.494 e. The van der Waals surface area contributed by atoms with E-state index in [-0.39, 0.29) is 12.4 Å². The van der Waals surface area contributed by atoms with E-state index in [9.17, 15) is 9.18 Å². The molecule has 0 aliphatic heterocycles. The summed E-state index contributed by atoms with van der Waals surface area (Å²) >= 11 is 7.50. The Balaban J connectivity index is 1.60. The number of carbonyl (C=O) groups is 1. The van der Waals surface area contributed by atoms with E-state index in [1.165, 1.54) is 24.5 Å². The molecule has 4 aromatic rings. The third kappa shape index (κ3) is 5.90. The lowest BCUT2D eigenvalue weighted by Crippen LogP contribution is -2.10. The molecule has 0 saturated carbocycles. The summed E-state index contributed by atoms with van der Waals surface area (Å²) in [7, 11) is 1.42. The van der Waals surface area contributed by atoms with E-state index in [1.54, 1.807) is 42.5 Å². The third-order valence-electron chi connectivity index (χ3n) is 5.06. The molecule has 0 saturated heterocycles. The summed E-state index contributed by atoms with van der Waals surface area (Å²) in [5, 5.41) is 10.1. The zero-order chi connectivity index (χ0) is 24.9. The van der Waals surface area contributed by atoms with Crippen molar-refractivity contribution in [2.75, 3.05) is 13.7 Å². The molecule has 3 aromatic carbocycles. The van der Waals surface area contributed by atoms with Crippen molar-refractivity contribution in [1.82, 2.24) is 4.98 Å². The van der Waals surface area contributed by atoms with Crippen molar-refractivity contribution in [3.05, 3.63) is 82.1 Å². The molecule has 0 unspecified atom stereocenters. The van der Waals surface area contributed by atoms with Crippen LogP contribution in [0.3, 0.4) is 0 Å². The zero-order valence-corrected chi connectivity index (χ0v) is 20.5. The number of benzene rings is 3. The van der Waals surface area contributed by atoms with Gasteiger partial charge in [0.2, 0.25) is 0 Å². The van der Waals surface area contributed by atoms with E-state index >= 15 is 0 Å². The van der Waals surface area contributed by atoms with Gasteiger partial charge in [-0.25, -0.2) is 14.2 Å². The molecule has 35 heavy (non-hydrogen) atoms. The van der Waals surface area contributed by atoms with Crippen LogP contribution in [0.15, 0.2) is 60.7 Å². The van der Waals surface area contributed by atoms with Gasteiger partial charge in [0.1, 0.15) is 23.1 Å². The second-order valence-corrected chi connectivity index (χ2v) is 9.06. The Morgan fingerprint density at radius 3 is 2.40 bits per heavy atom. The standard InChI is InChI=1S/C26H21ClFNO5S/c1-15-11-19(8-10-21(15)34-14-24(30)31)33-13-23-29-25(17-5-9-22(32-2)20(28)12-17)26(35-23)16-3-6-18(27)7-4-16/h3-12H,13-14H2,1-2H3,(H,30,31). The van der Waals surface area contributed by atoms with Crippen molar-refractivity contribution in [3.8, 4) is 38.9 Å². The average molecular weight is 514 g/mol. The Kier molecular flexibility index (Phi) is 7.53. The molecule has 180 valence electrons. The van der Waals surface area contributed by atoms with Gasteiger partial charge < -0.3 is 19.3 Å². The van der Waals surface area contributed by atoms with E-state index in [0.29, 0.717) is 32.8 Å². The normalized spacial score (nSPS) is 10.7. The second-order valence-electron chi connectivity index (χ2n) is 7.54. The number of aromatic nitrogens is 1. The van der Waals surface area contributed by atoms with E-state index in [2.05, 4.69) is 0 Å². The number of rotatable bonds is 9. The number of methoxy groups -OCH3 is 1. The fourth-order valence-corrected chi connectivity index (χ4v) is 4.52. The fraction of sp³-hybridized carbons (Fsp3) is 0.154. The number of nitrogens with zero attached hydrogens (tertiary/aromatic N) is 1. The highest BCUT2D eigenvalue weighted by atomic mass is 35.5. The maximum Gasteiger partial charge on any atom is 0.341 e. The molecular weight excluding hydrogens is 493 g/mol. The van der Waals surface area contributed by atoms with Crippen molar-refractivity contribution in [3.63, 3.8) is 0 Å². The quantitative estimate of drug-likeness (QED) is 0.271. The Hall–Kier alpha value is -3.62. The van der Waals surface area contributed by atoms with Crippen molar-refractivity contribution in [2.45, 2.75) is 13.5 Å². The smallest absolute Gasteiger partial charge is 0.341 e. The van der Waals surface area contributed by atoms with Gasteiger partial charge in [0.15, 0.2) is 18.2 Å². The monoisotopic (exact) mass is 513 g/mol. The topological polar surface area (TPSA) is 77.9 Å². The van der Waals surface area contributed by atoms with Crippen LogP contribution in [-0.4, -0.2) is 29.8 Å². The van der Waals surface area contributed by atoms with E-state index in [1.807, 2.05) is 19.1 Å². The maximum absolute atomic E-state index is 14.4. The Morgan fingerprint density at radius 2 is 1.74 bits per heavy atom. The molecule has 1 heterocycles. The van der Waals surface area contributed by atoms with Gasteiger partial charge in [-0.1, -0.05) is 23.7 Å². The van der Waals surface area contributed by atoms with Gasteiger partial charge in [0.05, 0.1) is 17.7 Å². The van der Waals surface area contributed by atoms with Gasteiger partial charge >= 0.3 is 5.97 Å². The Bertz CT molecular complexity index is 1360. The van der Waals surface area contributed by atoms with Crippen LogP contribution in [0.4, 0.5) is 4.39 Å². The maximum atomic E-state index is 14.4. The van der Waals surface area contributed by atoms with Crippen LogP contribution in [0.1, 0.15) is 10.6 Å². The third-order valence-corrected chi connectivity index (χ3v) is 6.39. The molecule has 6 nitrogen and oxygen atoms in total. The lowest BCUT2D eigenvalue weighted by Gasteiger charge is -2.09. The van der Waals surface area contributed by atoms with Crippen LogP contribution in [0.25, 0.3) is 21.7 Å². The summed E-state index contributed by atoms with van der Waals surface area (Å²) in [4.78, 5) is 16.3. The lowest BCUT2D eigenvalue weighted by atomic mass is 10.1. The number of hydrogen-bond donors (Lipinski definition) is 1. The highest BCUT2D eigenvalue weighted by Gasteiger charge is 2.17. The SMILES string of the molecule is COc1ccc(-c2nc(COc3ccc(OCC(=O)O)c(C)c3)sc2-c2ccc(Cl)cc2)cc1F. The summed E-state index contributed by atoms with van der Waals surface area (Å²) < 4.78 is 30.7. The van der Waals surface area contributed by atoms with E-state index in [0.717, 1.165) is 16.0 Å². The molecule has 9 heteroatoms. The summed E-state index contributed by atoms with van der Waals surface area (Å²) in [5.41, 5.74) is 2.90. The zero-order valence-electron chi connectivity index (χ0n) is 18.9. The van der Waals surface area contributed by atoms with E-state index < -0.39 is 18.4 Å². The summed E-state index contributed by atoms with van der Waals surface area (Å²) in [6, 6.07) is 17.2. The highest BCUT2D eigenvalue weighted by molar-refractivity contribution is 7.15. The second kappa shape index (κ2) is 10.8. The van der Waals surface area contributed by atoms with Crippen LogP contribution in [0.5, 0.6) is 17.2 Å². The minimum Gasteiger partial charge on any atom is -0.494 e. The number of hydrogen-bond acceptors (Lipinski definition) is 6. The van der Waals surface area contributed by atoms with Crippen LogP contribution in [-0.2, 0) is 11.4 Å². The molecule has 1 N–H and O–H groups in total. The van der Waals surface area contributed by atoms with Gasteiger partial charge in [0.25, 0.3) is 0 Å². The number of ether oxygens (including phenoxy) is 3. The number of carboxylic acids is 1. The van der Waals surface area contributed by atoms with Gasteiger partial charge in [0, 0.05) is 10.6 Å². The van der Waals surface area contributed by atoms with Crippen molar-refractivity contribution >= 4 is 28.9 Å². The predicted octanol–water partition coefficient (Wildman–Crippen LogP) is 6.63. The first kappa shape index (κ1) is 24.5. The lowest BCUT2D eigenvalue weighted by molar-refractivity contribution is -0.139. The molecule has 0 fully saturated rings. The number of aryl methyl sites for hydroxylation is 1. The van der Waals surface area contributed by atoms with Crippen LogP contribution in [0.2, 0.25) is 5.02 Å². The van der Waals surface area contributed by atoms with Crippen LogP contribution < -0.4 is 14.2 Å². The van der Waals surface area contributed by atoms with Crippen LogP contribution in [0, 0.1) is 12.7 Å². The number of aliphatic carboxylic acids is 1. The van der Waals surface area contributed by atoms with Crippen molar-refractivity contribution in [1.29, 1.82) is 0 Å². The van der Waals surface area contributed by atoms with Gasteiger partial charge in [-0.3, -0.25) is 0 Å². The molecule has 0 spiro atoms. The molecule has 0 bridgehead atoms. The first-order valence-electron chi connectivity index (χ1n) is 10.5. The fourth-order valence-electron chi connectivity index (χ4n) is 3.39. The first-order valence-corrected chi connectivity index (χ1v) is 11.7. The average Bonchev–Trinajstić information content (AvgIpc) is 3.27. The molecule has 0 atom stereocenters. The predicted molar refractivity (Wildman–Crippen MR) is 133 cm³/mol. The van der Waals surface area contributed by atoms with Gasteiger partial charge in [-0.15, -0.1) is 11.3 Å². The molecular formula is C26H21ClFNO5S. The number of halogens is 2. The minimum atomic E-state index is -1.04. The number of thiazole rings is 1. The summed E-state index contributed by atoms with van der Waals surface area (Å²) in [6.45, 7) is 1.59. The van der Waals surface area contributed by atoms with Gasteiger partial charge in [-0.2, -0.15) is 0 Å². The van der Waals surface area contributed by atoms with Crippen molar-refractivity contribution < 1.29 is 28.5 Å². The summed E-state index contributed by atoms with van der Waals surface area (Å²) in [5.74, 6) is -0.295. The minimum absolute atomic E-state index is 0.159. The Labute approximate surface area is 210 Å². The van der Waals surface area contributed by atoms with Crippen LogP contribution >= 0.6 is 22.9 Å². The number of carboxylic acid groups (broad SMARTS) is 1. The van der Waals surface area contributed by atoms with Gasteiger partial charge in [-0.05, 0) is 66.6 Å². The Morgan fingerprint density at radius 1 is 1.03 bits per heavy atom. The molecule has 0 amide bonds. The van der Waals surface area contributed by atoms with Crippen molar-refractivity contribution in [2.24, 2.45) is 0 Å². The first-order chi connectivity index (χ1) is 16.8. The molecule has 1 aromatic heterocycles. The molecule has 0 aliphatic carbocycles. The molecule has 4 rings (SSSR count). The molecule has 0 radical (unpaired) electrons.